The van der Waals surface area contributed by atoms with Gasteiger partial charge in [0.1, 0.15) is 6.61 Å². The molecule has 0 unspecified atom stereocenters. The van der Waals surface area contributed by atoms with Gasteiger partial charge in [-0.1, -0.05) is 72.8 Å². The number of halogens is 3. The van der Waals surface area contributed by atoms with E-state index in [1.165, 1.54) is 66.7 Å². The third-order valence-electron chi connectivity index (χ3n) is 6.70. The number of alkyl halides is 3. The Labute approximate surface area is 243 Å². The molecule has 0 aliphatic heterocycles. The van der Waals surface area contributed by atoms with Crippen LogP contribution in [0, 0.1) is 0 Å². The molecule has 8 nitrogen and oxygen atoms in total. The highest BCUT2D eigenvalue weighted by atomic mass is 19.4. The van der Waals surface area contributed by atoms with Crippen LogP contribution in [0.4, 0.5) is 18.9 Å². The molecule has 0 bridgehead atoms. The number of benzene rings is 4. The van der Waals surface area contributed by atoms with E-state index in [4.69, 9.17) is 4.74 Å². The first kappa shape index (κ1) is 30.5. The number of nitrogens with one attached hydrogen (secondary N) is 1. The molecule has 3 N–H and O–H groups in total. The van der Waals surface area contributed by atoms with Crippen LogP contribution >= 0.6 is 0 Å². The lowest BCUT2D eigenvalue weighted by molar-refractivity contribution is -0.164. The highest BCUT2D eigenvalue weighted by Crippen LogP contribution is 2.32. The van der Waals surface area contributed by atoms with Crippen molar-refractivity contribution in [1.82, 2.24) is 0 Å². The van der Waals surface area contributed by atoms with E-state index in [2.05, 4.69) is 5.32 Å². The predicted octanol–water partition coefficient (Wildman–Crippen LogP) is 5.82. The van der Waals surface area contributed by atoms with Gasteiger partial charge in [-0.15, -0.1) is 0 Å². The van der Waals surface area contributed by atoms with E-state index < -0.39 is 47.6 Å². The number of hydrogen-bond donors (Lipinski definition) is 3. The number of hydrogen-bond acceptors (Lipinski definition) is 5. The second-order valence-electron chi connectivity index (χ2n) is 9.49. The largest absolute Gasteiger partial charge is 0.480 e. The summed E-state index contributed by atoms with van der Waals surface area (Å²) >= 11 is 0. The van der Waals surface area contributed by atoms with E-state index in [1.54, 1.807) is 24.3 Å². The summed E-state index contributed by atoms with van der Waals surface area (Å²) in [6, 6.07) is 24.2. The molecule has 0 fully saturated rings. The van der Waals surface area contributed by atoms with Crippen LogP contribution in [0.1, 0.15) is 27.0 Å². The van der Waals surface area contributed by atoms with Crippen LogP contribution in [0.2, 0.25) is 0 Å². The van der Waals surface area contributed by atoms with Gasteiger partial charge in [0, 0.05) is 11.3 Å². The minimum atomic E-state index is -4.48. The molecule has 0 aliphatic rings. The predicted molar refractivity (Wildman–Crippen MR) is 149 cm³/mol. The Morgan fingerprint density at radius 2 is 1.28 bits per heavy atom. The van der Waals surface area contributed by atoms with Gasteiger partial charge in [0.05, 0.1) is 12.0 Å². The summed E-state index contributed by atoms with van der Waals surface area (Å²) < 4.78 is 43.9. The summed E-state index contributed by atoms with van der Waals surface area (Å²) in [6.45, 7) is -0.924. The zero-order valence-electron chi connectivity index (χ0n) is 22.3. The van der Waals surface area contributed by atoms with Crippen molar-refractivity contribution in [2.45, 2.75) is 18.0 Å². The monoisotopic (exact) mass is 591 g/mol. The van der Waals surface area contributed by atoms with Gasteiger partial charge >= 0.3 is 24.1 Å². The van der Waals surface area contributed by atoms with Gasteiger partial charge in [0.2, 0.25) is 5.41 Å². The molecule has 0 saturated heterocycles. The van der Waals surface area contributed by atoms with Crippen molar-refractivity contribution < 1.29 is 47.3 Å². The van der Waals surface area contributed by atoms with E-state index in [0.29, 0.717) is 22.4 Å². The molecule has 0 spiro atoms. The number of carboxylic acids is 2. The van der Waals surface area contributed by atoms with Gasteiger partial charge in [-0.3, -0.25) is 19.2 Å². The second-order valence-corrected chi connectivity index (χ2v) is 9.49. The summed E-state index contributed by atoms with van der Waals surface area (Å²) in [5.41, 5.74) is -1.44. The van der Waals surface area contributed by atoms with Crippen LogP contribution < -0.4 is 5.32 Å². The average molecular weight is 592 g/mol. The maximum absolute atomic E-state index is 13.0. The van der Waals surface area contributed by atoms with Crippen molar-refractivity contribution in [3.63, 3.8) is 0 Å². The Balaban J connectivity index is 1.42. The Kier molecular flexibility index (Phi) is 8.94. The number of amides is 1. The number of carbonyl (C=O) groups excluding carboxylic acids is 2. The first-order chi connectivity index (χ1) is 20.4. The zero-order chi connectivity index (χ0) is 31.2. The lowest BCUT2D eigenvalue weighted by Crippen LogP contribution is -2.48. The maximum atomic E-state index is 13.0. The Morgan fingerprint density at radius 3 is 1.86 bits per heavy atom. The van der Waals surface area contributed by atoms with E-state index in [-0.39, 0.29) is 17.5 Å². The highest BCUT2D eigenvalue weighted by Gasteiger charge is 2.50. The normalized spacial score (nSPS) is 11.4. The average Bonchev–Trinajstić information content (AvgIpc) is 2.98. The molecule has 0 aliphatic carbocycles. The van der Waals surface area contributed by atoms with Crippen molar-refractivity contribution >= 4 is 29.5 Å². The fourth-order valence-corrected chi connectivity index (χ4v) is 4.35. The van der Waals surface area contributed by atoms with Crippen LogP contribution in [0.15, 0.2) is 103 Å². The topological polar surface area (TPSA) is 130 Å². The van der Waals surface area contributed by atoms with Crippen LogP contribution in [0.5, 0.6) is 0 Å². The number of esters is 1. The van der Waals surface area contributed by atoms with Crippen molar-refractivity contribution in [3.05, 3.63) is 125 Å². The smallest absolute Gasteiger partial charge is 0.416 e. The molecule has 43 heavy (non-hydrogen) atoms. The van der Waals surface area contributed by atoms with Gasteiger partial charge in [0.25, 0.3) is 5.91 Å². The summed E-state index contributed by atoms with van der Waals surface area (Å²) in [5.74, 6) is -4.73. The summed E-state index contributed by atoms with van der Waals surface area (Å²) in [6.07, 6.45) is -4.78. The minimum absolute atomic E-state index is 0.0530. The van der Waals surface area contributed by atoms with Gasteiger partial charge in [0.15, 0.2) is 0 Å². The molecule has 0 radical (unpaired) electrons. The van der Waals surface area contributed by atoms with Gasteiger partial charge in [-0.05, 0) is 52.6 Å². The van der Waals surface area contributed by atoms with E-state index in [0.717, 1.165) is 12.1 Å². The lowest BCUT2D eigenvalue weighted by Gasteiger charge is -2.25. The SMILES string of the molecule is O=C(Cc1ccc(NC(=O)c2ccccc2-c2ccc(C(F)(F)F)cc2)cc1)OCC(C(=O)O)(C(=O)O)c1ccccc1. The molecule has 4 aromatic carbocycles. The van der Waals surface area contributed by atoms with Crippen LogP contribution in [0.3, 0.4) is 0 Å². The number of anilines is 1. The Bertz CT molecular complexity index is 1620. The first-order valence-electron chi connectivity index (χ1n) is 12.8. The standard InChI is InChI=1S/C32H24F3NO7/c33-32(34,35)23-14-12-21(13-15-23)25-8-4-5-9-26(25)28(38)36-24-16-10-20(11-17-24)18-27(37)43-19-31(29(39)40,30(41)42)22-6-2-1-3-7-22/h1-17H,18-19H2,(H,36,38)(H,39,40)(H,41,42). The van der Waals surface area contributed by atoms with Gasteiger partial charge in [-0.2, -0.15) is 13.2 Å². The quantitative estimate of drug-likeness (QED) is 0.157. The molecule has 0 heterocycles. The summed E-state index contributed by atoms with van der Waals surface area (Å²) in [4.78, 5) is 49.5. The van der Waals surface area contributed by atoms with Crippen LogP contribution in [-0.4, -0.2) is 40.6 Å². The molecule has 0 saturated carbocycles. The van der Waals surface area contributed by atoms with Crippen LogP contribution in [0.25, 0.3) is 11.1 Å². The highest BCUT2D eigenvalue weighted by molar-refractivity contribution is 6.08. The van der Waals surface area contributed by atoms with Crippen molar-refractivity contribution in [2.24, 2.45) is 0 Å². The number of ether oxygens (including phenoxy) is 1. The van der Waals surface area contributed by atoms with Crippen molar-refractivity contribution in [1.29, 1.82) is 0 Å². The molecule has 11 heteroatoms. The molecule has 0 atom stereocenters. The van der Waals surface area contributed by atoms with E-state index >= 15 is 0 Å². The number of rotatable bonds is 10. The lowest BCUT2D eigenvalue weighted by atomic mass is 9.81. The number of aliphatic carboxylic acids is 2. The van der Waals surface area contributed by atoms with Gasteiger partial charge < -0.3 is 20.3 Å². The summed E-state index contributed by atoms with van der Waals surface area (Å²) in [5, 5.41) is 22.1. The fraction of sp³-hybridized carbons (Fsp3) is 0.125. The molecule has 0 aromatic heterocycles. The second kappa shape index (κ2) is 12.6. The first-order valence-corrected chi connectivity index (χ1v) is 12.8. The van der Waals surface area contributed by atoms with Gasteiger partial charge in [-0.25, -0.2) is 0 Å². The Morgan fingerprint density at radius 1 is 0.698 bits per heavy atom. The third-order valence-corrected chi connectivity index (χ3v) is 6.70. The zero-order valence-corrected chi connectivity index (χ0v) is 22.3. The fourth-order valence-electron chi connectivity index (χ4n) is 4.35. The molecular weight excluding hydrogens is 567 g/mol. The maximum Gasteiger partial charge on any atom is 0.416 e. The molecule has 1 amide bonds. The van der Waals surface area contributed by atoms with Crippen LogP contribution in [-0.2, 0) is 37.1 Å². The minimum Gasteiger partial charge on any atom is -0.480 e. The molecule has 4 aromatic rings. The summed E-state index contributed by atoms with van der Waals surface area (Å²) in [7, 11) is 0. The van der Waals surface area contributed by atoms with E-state index in [1.807, 2.05) is 0 Å². The molecule has 4 rings (SSSR count). The van der Waals surface area contributed by atoms with E-state index in [9.17, 15) is 42.6 Å². The van der Waals surface area contributed by atoms with Crippen molar-refractivity contribution in [2.75, 3.05) is 11.9 Å². The number of carbonyl (C=O) groups is 4. The number of carboxylic acid groups (broad SMARTS) is 2. The van der Waals surface area contributed by atoms with Crippen molar-refractivity contribution in [3.8, 4) is 11.1 Å². The third kappa shape index (κ3) is 6.89. The molecule has 220 valence electrons. The Hall–Kier alpha value is -5.45. The molecular formula is C32H24F3NO7.